The van der Waals surface area contributed by atoms with E-state index in [0.717, 1.165) is 30.6 Å². The smallest absolute Gasteiger partial charge is 0.329 e. The second-order valence-corrected chi connectivity index (χ2v) is 9.76. The third kappa shape index (κ3) is 7.98. The zero-order chi connectivity index (χ0) is 20.6. The Hall–Kier alpha value is -1.29. The highest BCUT2D eigenvalue weighted by molar-refractivity contribution is 7.51. The average Bonchev–Trinajstić information content (AvgIpc) is 2.59. The molecular formula is C22H35O5P. The van der Waals surface area contributed by atoms with Crippen LogP contribution < -0.4 is 9.47 Å². The van der Waals surface area contributed by atoms with E-state index >= 15 is 0 Å². The highest BCUT2D eigenvalue weighted by atomic mass is 31.2. The number of allylic oxidation sites excluding steroid dienone is 1. The van der Waals surface area contributed by atoms with Gasteiger partial charge in [-0.3, -0.25) is 4.57 Å². The molecule has 0 aliphatic carbocycles. The van der Waals surface area contributed by atoms with Crippen LogP contribution in [0.2, 0.25) is 0 Å². The zero-order valence-corrected chi connectivity index (χ0v) is 18.3. The summed E-state index contributed by atoms with van der Waals surface area (Å²) >= 11 is 0. The van der Waals surface area contributed by atoms with Crippen molar-refractivity contribution in [3.63, 3.8) is 0 Å². The van der Waals surface area contributed by atoms with Crippen molar-refractivity contribution in [3.8, 4) is 11.5 Å². The standard InChI is InChI=1S/C22H35O5P/c1-4-5-6-7-8-9-10-14-22(3)15-13-19-16-20(11-12-21(19)27-22)26-18(2)17-28(23,24)25/h10-12,14,16,18H,4-9,13,15,17H2,1-3H3,(H2,23,24,25)/b14-10+. The summed E-state index contributed by atoms with van der Waals surface area (Å²) in [5.41, 5.74) is 0.790. The fraction of sp³-hybridized carbons (Fsp3) is 0.636. The van der Waals surface area contributed by atoms with Crippen molar-refractivity contribution in [2.45, 2.75) is 83.8 Å². The van der Waals surface area contributed by atoms with Gasteiger partial charge in [0.25, 0.3) is 0 Å². The van der Waals surface area contributed by atoms with E-state index in [1.807, 2.05) is 12.1 Å². The van der Waals surface area contributed by atoms with Crippen molar-refractivity contribution in [2.75, 3.05) is 6.16 Å². The lowest BCUT2D eigenvalue weighted by molar-refractivity contribution is 0.113. The quantitative estimate of drug-likeness (QED) is 0.281. The summed E-state index contributed by atoms with van der Waals surface area (Å²) in [4.78, 5) is 18.1. The van der Waals surface area contributed by atoms with Crippen LogP contribution in [0.3, 0.4) is 0 Å². The summed E-state index contributed by atoms with van der Waals surface area (Å²) < 4.78 is 23.0. The molecule has 0 saturated heterocycles. The van der Waals surface area contributed by atoms with Gasteiger partial charge in [0, 0.05) is 0 Å². The van der Waals surface area contributed by atoms with Crippen molar-refractivity contribution >= 4 is 7.60 Å². The summed E-state index contributed by atoms with van der Waals surface area (Å²) in [6.45, 7) is 6.02. The Morgan fingerprint density at radius 2 is 2.04 bits per heavy atom. The number of benzene rings is 1. The molecule has 0 radical (unpaired) electrons. The van der Waals surface area contributed by atoms with E-state index < -0.39 is 13.7 Å². The van der Waals surface area contributed by atoms with Crippen LogP contribution in [-0.2, 0) is 11.0 Å². The monoisotopic (exact) mass is 410 g/mol. The van der Waals surface area contributed by atoms with Crippen molar-refractivity contribution in [1.29, 1.82) is 0 Å². The lowest BCUT2D eigenvalue weighted by Gasteiger charge is -2.33. The van der Waals surface area contributed by atoms with Gasteiger partial charge in [-0.15, -0.1) is 0 Å². The topological polar surface area (TPSA) is 76.0 Å². The predicted molar refractivity (Wildman–Crippen MR) is 113 cm³/mol. The summed E-state index contributed by atoms with van der Waals surface area (Å²) in [6, 6.07) is 5.62. The van der Waals surface area contributed by atoms with Gasteiger partial charge in [0.1, 0.15) is 23.2 Å². The molecule has 1 aliphatic heterocycles. The van der Waals surface area contributed by atoms with Crippen molar-refractivity contribution in [1.82, 2.24) is 0 Å². The normalized spacial score (nSPS) is 20.6. The molecule has 6 heteroatoms. The molecule has 0 spiro atoms. The van der Waals surface area contributed by atoms with Gasteiger partial charge in [0.15, 0.2) is 0 Å². The molecule has 5 nitrogen and oxygen atoms in total. The number of unbranched alkanes of at least 4 members (excludes halogenated alkanes) is 5. The van der Waals surface area contributed by atoms with E-state index in [-0.39, 0.29) is 11.8 Å². The number of aryl methyl sites for hydroxylation is 1. The van der Waals surface area contributed by atoms with E-state index in [0.29, 0.717) is 5.75 Å². The molecule has 1 aromatic rings. The van der Waals surface area contributed by atoms with Crippen LogP contribution in [0.5, 0.6) is 11.5 Å². The Kier molecular flexibility index (Phi) is 8.60. The van der Waals surface area contributed by atoms with Crippen LogP contribution in [0.4, 0.5) is 0 Å². The van der Waals surface area contributed by atoms with Gasteiger partial charge in [-0.2, -0.15) is 0 Å². The second-order valence-electron chi connectivity index (χ2n) is 8.07. The van der Waals surface area contributed by atoms with Crippen LogP contribution in [0.25, 0.3) is 0 Å². The zero-order valence-electron chi connectivity index (χ0n) is 17.4. The Labute approximate surface area is 169 Å². The third-order valence-corrected chi connectivity index (χ3v) is 6.03. The van der Waals surface area contributed by atoms with E-state index in [4.69, 9.17) is 19.3 Å². The van der Waals surface area contributed by atoms with E-state index in [2.05, 4.69) is 26.0 Å². The van der Waals surface area contributed by atoms with Crippen LogP contribution in [0, 0.1) is 0 Å². The molecule has 0 amide bonds. The number of rotatable bonds is 11. The first-order valence-corrected chi connectivity index (χ1v) is 12.2. The van der Waals surface area contributed by atoms with Gasteiger partial charge in [-0.25, -0.2) is 0 Å². The second kappa shape index (κ2) is 10.5. The molecule has 0 saturated carbocycles. The molecule has 1 aromatic carbocycles. The summed E-state index contributed by atoms with van der Waals surface area (Å²) in [5, 5.41) is 0. The molecule has 2 rings (SSSR count). The number of hydrogen-bond donors (Lipinski definition) is 2. The molecule has 2 atom stereocenters. The van der Waals surface area contributed by atoms with Crippen LogP contribution >= 0.6 is 7.60 Å². The van der Waals surface area contributed by atoms with Crippen LogP contribution in [-0.4, -0.2) is 27.7 Å². The van der Waals surface area contributed by atoms with Gasteiger partial charge in [0.05, 0.1) is 6.16 Å². The van der Waals surface area contributed by atoms with Crippen molar-refractivity contribution in [3.05, 3.63) is 35.9 Å². The molecule has 158 valence electrons. The third-order valence-electron chi connectivity index (χ3n) is 5.04. The minimum absolute atomic E-state index is 0.285. The maximum absolute atomic E-state index is 11.1. The van der Waals surface area contributed by atoms with Gasteiger partial charge in [-0.05, 0) is 69.4 Å². The first-order chi connectivity index (χ1) is 13.2. The minimum Gasteiger partial charge on any atom is -0.490 e. The first kappa shape index (κ1) is 23.0. The van der Waals surface area contributed by atoms with Crippen LogP contribution in [0.15, 0.2) is 30.4 Å². The Bertz CT molecular complexity index is 696. The molecular weight excluding hydrogens is 375 g/mol. The van der Waals surface area contributed by atoms with Gasteiger partial charge >= 0.3 is 7.60 Å². The highest BCUT2D eigenvalue weighted by Gasteiger charge is 2.29. The number of ether oxygens (including phenoxy) is 2. The number of hydrogen-bond acceptors (Lipinski definition) is 3. The molecule has 1 aliphatic rings. The molecule has 0 fully saturated rings. The Morgan fingerprint density at radius 1 is 1.29 bits per heavy atom. The van der Waals surface area contributed by atoms with Crippen molar-refractivity contribution < 1.29 is 23.8 Å². The number of fused-ring (bicyclic) bond motifs is 1. The summed E-state index contributed by atoms with van der Waals surface area (Å²) in [5.74, 6) is 1.48. The van der Waals surface area contributed by atoms with Crippen LogP contribution in [0.1, 0.15) is 71.3 Å². The van der Waals surface area contributed by atoms with Gasteiger partial charge in [0.2, 0.25) is 0 Å². The molecule has 2 unspecified atom stereocenters. The fourth-order valence-corrected chi connectivity index (χ4v) is 4.27. The fourth-order valence-electron chi connectivity index (χ4n) is 3.53. The first-order valence-electron chi connectivity index (χ1n) is 10.4. The van der Waals surface area contributed by atoms with Crippen molar-refractivity contribution in [2.24, 2.45) is 0 Å². The maximum atomic E-state index is 11.1. The summed E-state index contributed by atoms with van der Waals surface area (Å²) in [6.07, 6.45) is 12.9. The lowest BCUT2D eigenvalue weighted by Crippen LogP contribution is -2.34. The lowest BCUT2D eigenvalue weighted by atomic mass is 9.91. The van der Waals surface area contributed by atoms with Gasteiger partial charge in [-0.1, -0.05) is 38.7 Å². The van der Waals surface area contributed by atoms with E-state index in [1.54, 1.807) is 13.0 Å². The minimum atomic E-state index is -4.08. The SMILES string of the molecule is CCCCCCC/C=C/C1(C)CCc2cc(OC(C)CP(=O)(O)O)ccc2O1. The molecule has 28 heavy (non-hydrogen) atoms. The molecule has 2 N–H and O–H groups in total. The average molecular weight is 410 g/mol. The van der Waals surface area contributed by atoms with E-state index in [9.17, 15) is 4.57 Å². The largest absolute Gasteiger partial charge is 0.490 e. The molecule has 1 heterocycles. The molecule has 0 bridgehead atoms. The molecule has 0 aromatic heterocycles. The Balaban J connectivity index is 1.88. The Morgan fingerprint density at radius 3 is 2.75 bits per heavy atom. The van der Waals surface area contributed by atoms with Gasteiger partial charge < -0.3 is 19.3 Å². The van der Waals surface area contributed by atoms with E-state index in [1.165, 1.54) is 32.1 Å². The summed E-state index contributed by atoms with van der Waals surface area (Å²) in [7, 11) is -4.08. The predicted octanol–water partition coefficient (Wildman–Crippen LogP) is 5.63. The maximum Gasteiger partial charge on any atom is 0.329 e. The highest BCUT2D eigenvalue weighted by Crippen LogP contribution is 2.38.